The van der Waals surface area contributed by atoms with Crippen LogP contribution in [0.25, 0.3) is 0 Å². The van der Waals surface area contributed by atoms with Crippen LogP contribution in [0.1, 0.15) is 39.5 Å². The SMILES string of the molecule is CCCNC1(CC(=O)O)CC(C)C1. The maximum Gasteiger partial charge on any atom is 0.305 e. The quantitative estimate of drug-likeness (QED) is 0.684. The Balaban J connectivity index is 2.41. The zero-order valence-electron chi connectivity index (χ0n) is 8.47. The first-order chi connectivity index (χ1) is 6.08. The predicted molar refractivity (Wildman–Crippen MR) is 51.7 cm³/mol. The van der Waals surface area contributed by atoms with Crippen LogP contribution in [0.15, 0.2) is 0 Å². The van der Waals surface area contributed by atoms with Crippen molar-refractivity contribution in [2.24, 2.45) is 5.92 Å². The Morgan fingerprint density at radius 2 is 2.23 bits per heavy atom. The molecule has 1 rings (SSSR count). The van der Waals surface area contributed by atoms with E-state index in [2.05, 4.69) is 19.2 Å². The van der Waals surface area contributed by atoms with Gasteiger partial charge in [-0.1, -0.05) is 13.8 Å². The normalized spacial score (nSPS) is 32.6. The number of carboxylic acids is 1. The van der Waals surface area contributed by atoms with Crippen molar-refractivity contribution in [2.75, 3.05) is 6.54 Å². The minimum atomic E-state index is -0.685. The van der Waals surface area contributed by atoms with E-state index in [1.165, 1.54) is 0 Å². The third-order valence-electron chi connectivity index (χ3n) is 2.72. The first-order valence-electron chi connectivity index (χ1n) is 5.05. The number of rotatable bonds is 5. The molecule has 13 heavy (non-hydrogen) atoms. The van der Waals surface area contributed by atoms with Crippen molar-refractivity contribution in [1.82, 2.24) is 5.32 Å². The molecule has 0 unspecified atom stereocenters. The van der Waals surface area contributed by atoms with E-state index >= 15 is 0 Å². The van der Waals surface area contributed by atoms with E-state index in [-0.39, 0.29) is 12.0 Å². The van der Waals surface area contributed by atoms with Gasteiger partial charge in [-0.2, -0.15) is 0 Å². The highest BCUT2D eigenvalue weighted by Gasteiger charge is 2.42. The molecular formula is C10H19NO2. The monoisotopic (exact) mass is 185 g/mol. The third kappa shape index (κ3) is 2.69. The van der Waals surface area contributed by atoms with Gasteiger partial charge in [0.2, 0.25) is 0 Å². The molecule has 0 aromatic carbocycles. The fourth-order valence-electron chi connectivity index (χ4n) is 2.31. The second-order valence-electron chi connectivity index (χ2n) is 4.29. The highest BCUT2D eigenvalue weighted by Crippen LogP contribution is 2.39. The Morgan fingerprint density at radius 3 is 2.62 bits per heavy atom. The fourth-order valence-corrected chi connectivity index (χ4v) is 2.31. The van der Waals surface area contributed by atoms with Crippen molar-refractivity contribution >= 4 is 5.97 Å². The Bertz CT molecular complexity index is 185. The third-order valence-corrected chi connectivity index (χ3v) is 2.72. The molecule has 0 spiro atoms. The number of carbonyl (C=O) groups is 1. The van der Waals surface area contributed by atoms with Crippen LogP contribution in [0.2, 0.25) is 0 Å². The summed E-state index contributed by atoms with van der Waals surface area (Å²) >= 11 is 0. The summed E-state index contributed by atoms with van der Waals surface area (Å²) in [6.07, 6.45) is 3.37. The van der Waals surface area contributed by atoms with Gasteiger partial charge < -0.3 is 10.4 Å². The van der Waals surface area contributed by atoms with E-state index < -0.39 is 5.97 Å². The van der Waals surface area contributed by atoms with Gasteiger partial charge in [-0.3, -0.25) is 4.79 Å². The van der Waals surface area contributed by atoms with Crippen LogP contribution < -0.4 is 5.32 Å². The molecule has 3 nitrogen and oxygen atoms in total. The molecule has 0 radical (unpaired) electrons. The molecule has 1 saturated carbocycles. The smallest absolute Gasteiger partial charge is 0.305 e. The van der Waals surface area contributed by atoms with E-state index in [1.807, 2.05) is 0 Å². The molecule has 0 aromatic rings. The van der Waals surface area contributed by atoms with Crippen molar-refractivity contribution < 1.29 is 9.90 Å². The topological polar surface area (TPSA) is 49.3 Å². The molecule has 1 aliphatic carbocycles. The summed E-state index contributed by atoms with van der Waals surface area (Å²) in [5.74, 6) is -0.000732. The number of aliphatic carboxylic acids is 1. The molecule has 2 N–H and O–H groups in total. The molecular weight excluding hydrogens is 166 g/mol. The summed E-state index contributed by atoms with van der Waals surface area (Å²) in [5.41, 5.74) is -0.0821. The largest absolute Gasteiger partial charge is 0.481 e. The Kier molecular flexibility index (Phi) is 3.31. The van der Waals surface area contributed by atoms with Gasteiger partial charge in [-0.05, 0) is 31.7 Å². The molecule has 1 fully saturated rings. The van der Waals surface area contributed by atoms with E-state index in [9.17, 15) is 4.79 Å². The number of carboxylic acid groups (broad SMARTS) is 1. The number of nitrogens with one attached hydrogen (secondary N) is 1. The minimum absolute atomic E-state index is 0.0821. The molecule has 0 bridgehead atoms. The van der Waals surface area contributed by atoms with Crippen molar-refractivity contribution in [2.45, 2.75) is 45.1 Å². The van der Waals surface area contributed by atoms with Crippen molar-refractivity contribution in [1.29, 1.82) is 0 Å². The zero-order valence-corrected chi connectivity index (χ0v) is 8.47. The lowest BCUT2D eigenvalue weighted by Gasteiger charge is -2.46. The molecule has 76 valence electrons. The highest BCUT2D eigenvalue weighted by molar-refractivity contribution is 5.68. The average molecular weight is 185 g/mol. The van der Waals surface area contributed by atoms with E-state index in [4.69, 9.17) is 5.11 Å². The van der Waals surface area contributed by atoms with E-state index in [0.717, 1.165) is 25.8 Å². The van der Waals surface area contributed by atoms with Gasteiger partial charge in [0, 0.05) is 5.54 Å². The first-order valence-corrected chi connectivity index (χ1v) is 5.05. The number of hydrogen-bond acceptors (Lipinski definition) is 2. The molecule has 0 atom stereocenters. The molecule has 0 aliphatic heterocycles. The lowest BCUT2D eigenvalue weighted by molar-refractivity contribution is -0.140. The van der Waals surface area contributed by atoms with Crippen LogP contribution in [-0.4, -0.2) is 23.2 Å². The maximum absolute atomic E-state index is 10.6. The molecule has 0 heterocycles. The number of hydrogen-bond donors (Lipinski definition) is 2. The van der Waals surface area contributed by atoms with E-state index in [1.54, 1.807) is 0 Å². The fraction of sp³-hybridized carbons (Fsp3) is 0.900. The van der Waals surface area contributed by atoms with Crippen molar-refractivity contribution in [3.63, 3.8) is 0 Å². The van der Waals surface area contributed by atoms with Crippen molar-refractivity contribution in [3.8, 4) is 0 Å². The molecule has 0 aromatic heterocycles. The Labute approximate surface area is 79.5 Å². The van der Waals surface area contributed by atoms with E-state index in [0.29, 0.717) is 5.92 Å². The maximum atomic E-state index is 10.6. The molecule has 3 heteroatoms. The standard InChI is InChI=1S/C10H19NO2/c1-3-4-11-10(7-9(12)13)5-8(2)6-10/h8,11H,3-7H2,1-2H3,(H,12,13). The minimum Gasteiger partial charge on any atom is -0.481 e. The Hall–Kier alpha value is -0.570. The van der Waals surface area contributed by atoms with Gasteiger partial charge in [0.15, 0.2) is 0 Å². The van der Waals surface area contributed by atoms with Gasteiger partial charge in [-0.25, -0.2) is 0 Å². The lowest BCUT2D eigenvalue weighted by atomic mass is 9.67. The second-order valence-corrected chi connectivity index (χ2v) is 4.29. The van der Waals surface area contributed by atoms with Gasteiger partial charge in [0.1, 0.15) is 0 Å². The molecule has 0 amide bonds. The van der Waals surface area contributed by atoms with Gasteiger partial charge in [0.25, 0.3) is 0 Å². The van der Waals surface area contributed by atoms with Crippen molar-refractivity contribution in [3.05, 3.63) is 0 Å². The van der Waals surface area contributed by atoms with Crippen LogP contribution >= 0.6 is 0 Å². The van der Waals surface area contributed by atoms with Crippen LogP contribution in [0.5, 0.6) is 0 Å². The van der Waals surface area contributed by atoms with Gasteiger partial charge >= 0.3 is 5.97 Å². The summed E-state index contributed by atoms with van der Waals surface area (Å²) in [6.45, 7) is 5.21. The second kappa shape index (κ2) is 4.09. The summed E-state index contributed by atoms with van der Waals surface area (Å²) in [4.78, 5) is 10.6. The van der Waals surface area contributed by atoms with Gasteiger partial charge in [-0.15, -0.1) is 0 Å². The van der Waals surface area contributed by atoms with Crippen LogP contribution in [-0.2, 0) is 4.79 Å². The first kappa shape index (κ1) is 10.5. The summed E-state index contributed by atoms with van der Waals surface area (Å²) in [7, 11) is 0. The Morgan fingerprint density at radius 1 is 1.62 bits per heavy atom. The lowest BCUT2D eigenvalue weighted by Crippen LogP contribution is -2.56. The molecule has 0 saturated heterocycles. The molecule has 1 aliphatic rings. The van der Waals surface area contributed by atoms with Crippen LogP contribution in [0.3, 0.4) is 0 Å². The van der Waals surface area contributed by atoms with Crippen LogP contribution in [0, 0.1) is 5.92 Å². The highest BCUT2D eigenvalue weighted by atomic mass is 16.4. The van der Waals surface area contributed by atoms with Gasteiger partial charge in [0.05, 0.1) is 6.42 Å². The summed E-state index contributed by atoms with van der Waals surface area (Å²) in [5, 5.41) is 12.1. The summed E-state index contributed by atoms with van der Waals surface area (Å²) in [6, 6.07) is 0. The zero-order chi connectivity index (χ0) is 9.90. The predicted octanol–water partition coefficient (Wildman–Crippen LogP) is 1.63. The summed E-state index contributed by atoms with van der Waals surface area (Å²) < 4.78 is 0. The van der Waals surface area contributed by atoms with Crippen LogP contribution in [0.4, 0.5) is 0 Å². The average Bonchev–Trinajstić information content (AvgIpc) is 1.96.